The van der Waals surface area contributed by atoms with Gasteiger partial charge in [-0.05, 0) is 253 Å². The van der Waals surface area contributed by atoms with Crippen LogP contribution in [0.25, 0.3) is 103 Å². The Kier molecular flexibility index (Phi) is 22.3. The standard InChI is InChI=1S/C25H17F2N3.C22H15F3N2.C22H17F2N3.C20H14F2N4/c26-19-12-17(13-20(27)15-19)11-16-5-9-24-22(14-16)25(30-29-24)10-8-21-7-6-18-3-1-2-4-23(18)28-21;23-17-10-15(11-18(24)13-17)9-14-5-7-21-19(12-14)22(27-26-21)8-6-16-3-1-2-4-20(16)25;1-14-3-2-4-19(25-14)6-8-22-20-12-15(5-7-21(20)26-27-22)9-16-10-17(23)13-18(24)11-16;21-15-8-14(9-16(22)11-15)7-13-1-3-19-18(10-13)20(26-25-19)4-2-17-12-23-5-6-24-17/h1-10,12-15H,11H2,(H,29,30);1-8,10-13H,9H2,(H,26,27);2-8,10-13H,9H2,1H3,(H,26,27);1-6,8-12H,7H2,(H,25,26)/b10-8+;2*8-6+;4-2+. The molecule has 542 valence electrons. The average Bonchev–Trinajstić information content (AvgIpc) is 1.67. The second-order valence-corrected chi connectivity index (χ2v) is 25.9. The van der Waals surface area contributed by atoms with E-state index in [4.69, 9.17) is 0 Å². The Hall–Kier alpha value is -14.0. The lowest BCUT2D eigenvalue weighted by molar-refractivity contribution is 0.579. The van der Waals surface area contributed by atoms with Crippen molar-refractivity contribution in [2.24, 2.45) is 0 Å². The van der Waals surface area contributed by atoms with Crippen molar-refractivity contribution in [1.82, 2.24) is 60.7 Å². The second-order valence-electron chi connectivity index (χ2n) is 25.9. The van der Waals surface area contributed by atoms with Crippen LogP contribution >= 0.6 is 0 Å². The topological polar surface area (TPSA) is 166 Å². The molecule has 0 unspecified atom stereocenters. The summed E-state index contributed by atoms with van der Waals surface area (Å²) in [5, 5.41) is 33.9. The van der Waals surface area contributed by atoms with Crippen LogP contribution in [-0.4, -0.2) is 60.7 Å². The Morgan fingerprint density at radius 1 is 0.291 bits per heavy atom. The van der Waals surface area contributed by atoms with Crippen molar-refractivity contribution in [3.63, 3.8) is 0 Å². The first-order valence-corrected chi connectivity index (χ1v) is 34.7. The fraction of sp³-hybridized carbons (Fsp3) is 0.0562. The number of rotatable bonds is 16. The van der Waals surface area contributed by atoms with Gasteiger partial charge in [0.1, 0.15) is 52.4 Å². The van der Waals surface area contributed by atoms with Crippen LogP contribution in [0.5, 0.6) is 0 Å². The van der Waals surface area contributed by atoms with Crippen LogP contribution in [0.1, 0.15) is 95.6 Å². The van der Waals surface area contributed by atoms with Gasteiger partial charge in [-0.25, -0.2) is 44.5 Å². The zero-order valence-electron chi connectivity index (χ0n) is 58.5. The summed E-state index contributed by atoms with van der Waals surface area (Å²) in [6.07, 6.45) is 21.5. The molecule has 0 amide bonds. The highest BCUT2D eigenvalue weighted by Gasteiger charge is 2.13. The van der Waals surface area contributed by atoms with Gasteiger partial charge in [0.25, 0.3) is 0 Å². The van der Waals surface area contributed by atoms with Crippen molar-refractivity contribution < 1.29 is 39.5 Å². The van der Waals surface area contributed by atoms with Crippen molar-refractivity contribution in [2.75, 3.05) is 0 Å². The predicted octanol–water partition coefficient (Wildman–Crippen LogP) is 21.6. The van der Waals surface area contributed by atoms with E-state index in [0.29, 0.717) is 53.5 Å². The summed E-state index contributed by atoms with van der Waals surface area (Å²) in [4.78, 5) is 17.3. The molecule has 21 heteroatoms. The number of aryl methyl sites for hydroxylation is 1. The van der Waals surface area contributed by atoms with E-state index in [1.165, 1.54) is 54.6 Å². The molecule has 110 heavy (non-hydrogen) atoms. The molecule has 0 aliphatic carbocycles. The summed E-state index contributed by atoms with van der Waals surface area (Å²) >= 11 is 0. The highest BCUT2D eigenvalue weighted by atomic mass is 19.2. The molecule has 10 aromatic carbocycles. The molecule has 0 aliphatic rings. The van der Waals surface area contributed by atoms with Gasteiger partial charge >= 0.3 is 0 Å². The highest BCUT2D eigenvalue weighted by Crippen LogP contribution is 2.28. The second kappa shape index (κ2) is 33.7. The number of nitrogens with zero attached hydrogens (tertiary/aromatic N) is 8. The quantitative estimate of drug-likeness (QED) is 0.0694. The third kappa shape index (κ3) is 19.0. The maximum atomic E-state index is 13.8. The number of halogens is 9. The molecule has 7 heterocycles. The Morgan fingerprint density at radius 2 is 0.664 bits per heavy atom. The van der Waals surface area contributed by atoms with Gasteiger partial charge in [0, 0.05) is 74.8 Å². The molecule has 0 saturated carbocycles. The number of hydrogen-bond acceptors (Lipinski definition) is 8. The maximum absolute atomic E-state index is 13.8. The van der Waals surface area contributed by atoms with Crippen molar-refractivity contribution >= 4 is 103 Å². The molecule has 0 saturated heterocycles. The number of benzene rings is 10. The minimum atomic E-state index is -0.595. The Balaban J connectivity index is 0.000000122. The van der Waals surface area contributed by atoms with Gasteiger partial charge in [0.2, 0.25) is 0 Å². The van der Waals surface area contributed by atoms with E-state index in [1.807, 2.05) is 171 Å². The molecule has 0 aliphatic heterocycles. The number of hydrogen-bond donors (Lipinski definition) is 4. The largest absolute Gasteiger partial charge is 0.277 e. The average molecular weight is 1470 g/mol. The lowest BCUT2D eigenvalue weighted by Gasteiger charge is -2.03. The number of nitrogens with one attached hydrogen (secondary N) is 4. The third-order valence-corrected chi connectivity index (χ3v) is 17.6. The zero-order chi connectivity index (χ0) is 76.0. The first-order chi connectivity index (χ1) is 53.5. The van der Waals surface area contributed by atoms with Crippen molar-refractivity contribution in [1.29, 1.82) is 0 Å². The Morgan fingerprint density at radius 3 is 1.05 bits per heavy atom. The van der Waals surface area contributed by atoms with Crippen LogP contribution in [0.15, 0.2) is 243 Å². The first-order valence-electron chi connectivity index (χ1n) is 34.7. The van der Waals surface area contributed by atoms with Gasteiger partial charge < -0.3 is 0 Å². The van der Waals surface area contributed by atoms with Crippen LogP contribution in [-0.2, 0) is 25.7 Å². The smallest absolute Gasteiger partial charge is 0.130 e. The first kappa shape index (κ1) is 73.0. The summed E-state index contributed by atoms with van der Waals surface area (Å²) in [5.41, 5.74) is 17.4. The maximum Gasteiger partial charge on any atom is 0.130 e. The van der Waals surface area contributed by atoms with Gasteiger partial charge in [-0.3, -0.25) is 35.3 Å². The van der Waals surface area contributed by atoms with E-state index in [9.17, 15) is 39.5 Å². The van der Waals surface area contributed by atoms with Crippen LogP contribution in [0.3, 0.4) is 0 Å². The number of fused-ring (bicyclic) bond motifs is 5. The number of H-pyrrole nitrogens is 4. The molecule has 7 aromatic heterocycles. The molecule has 0 radical (unpaired) electrons. The van der Waals surface area contributed by atoms with Gasteiger partial charge in [0.05, 0.1) is 73.6 Å². The fourth-order valence-corrected chi connectivity index (χ4v) is 12.6. The molecule has 0 bridgehead atoms. The fourth-order valence-electron chi connectivity index (χ4n) is 12.6. The summed E-state index contributed by atoms with van der Waals surface area (Å²) in [5.74, 6) is -4.90. The molecule has 4 N–H and O–H groups in total. The van der Waals surface area contributed by atoms with Crippen molar-refractivity contribution in [3.05, 3.63) is 391 Å². The number of para-hydroxylation sites is 1. The van der Waals surface area contributed by atoms with Crippen molar-refractivity contribution in [2.45, 2.75) is 32.6 Å². The van der Waals surface area contributed by atoms with Gasteiger partial charge in [-0.15, -0.1) is 0 Å². The van der Waals surface area contributed by atoms with Crippen LogP contribution in [0.4, 0.5) is 39.5 Å². The number of pyridine rings is 2. The summed E-state index contributed by atoms with van der Waals surface area (Å²) < 4.78 is 121. The Bertz CT molecular complexity index is 6220. The lowest BCUT2D eigenvalue weighted by atomic mass is 10.0. The third-order valence-electron chi connectivity index (χ3n) is 17.6. The van der Waals surface area contributed by atoms with Gasteiger partial charge in [0.15, 0.2) is 0 Å². The molecule has 17 rings (SSSR count). The SMILES string of the molecule is Cc1cccc(/C=C/c2[nH]nc3ccc(Cc4cc(F)cc(F)c4)cc23)n1.Fc1cc(F)cc(Cc2ccc3n[nH]c(/C=C/c4ccc5ccccc5n4)c3c2)c1.Fc1cc(F)cc(Cc2ccc3n[nH]c(/C=C/c4ccccc4F)c3c2)c1.Fc1cc(F)cc(Cc2ccc3n[nH]c(/C=C/c4cnccn4)c3c2)c1. The summed E-state index contributed by atoms with van der Waals surface area (Å²) in [6.45, 7) is 1.95. The highest BCUT2D eigenvalue weighted by molar-refractivity contribution is 5.93. The number of aromatic nitrogens is 12. The van der Waals surface area contributed by atoms with E-state index in [0.717, 1.165) is 147 Å². The lowest BCUT2D eigenvalue weighted by Crippen LogP contribution is -1.91. The normalized spacial score (nSPS) is 11.5. The number of aromatic amines is 4. The van der Waals surface area contributed by atoms with E-state index >= 15 is 0 Å². The van der Waals surface area contributed by atoms with E-state index in [-0.39, 0.29) is 5.82 Å². The molecular weight excluding hydrogens is 1410 g/mol. The van der Waals surface area contributed by atoms with Crippen LogP contribution in [0, 0.1) is 59.3 Å². The molecule has 0 atom stereocenters. The van der Waals surface area contributed by atoms with E-state index in [1.54, 1.807) is 48.9 Å². The molecular formula is C89H63F9N12. The molecule has 0 spiro atoms. The van der Waals surface area contributed by atoms with Crippen LogP contribution < -0.4 is 0 Å². The minimum absolute atomic E-state index is 0.300. The zero-order valence-corrected chi connectivity index (χ0v) is 58.5. The predicted molar refractivity (Wildman–Crippen MR) is 416 cm³/mol. The minimum Gasteiger partial charge on any atom is -0.277 e. The van der Waals surface area contributed by atoms with E-state index in [2.05, 4.69) is 60.7 Å². The van der Waals surface area contributed by atoms with E-state index < -0.39 is 46.5 Å². The summed E-state index contributed by atoms with van der Waals surface area (Å²) in [6, 6.07) is 61.6. The van der Waals surface area contributed by atoms with Crippen LogP contribution in [0.2, 0.25) is 0 Å². The molecule has 17 aromatic rings. The van der Waals surface area contributed by atoms with Gasteiger partial charge in [-0.1, -0.05) is 72.8 Å². The summed E-state index contributed by atoms with van der Waals surface area (Å²) in [7, 11) is 0. The molecule has 12 nitrogen and oxygen atoms in total. The monoisotopic (exact) mass is 1470 g/mol. The Labute approximate surface area is 623 Å². The van der Waals surface area contributed by atoms with Gasteiger partial charge in [-0.2, -0.15) is 20.4 Å². The molecule has 0 fully saturated rings. The van der Waals surface area contributed by atoms with Crippen molar-refractivity contribution in [3.8, 4) is 0 Å².